The van der Waals surface area contributed by atoms with Crippen molar-refractivity contribution >= 4 is 10.9 Å². The van der Waals surface area contributed by atoms with Gasteiger partial charge in [-0.25, -0.2) is 0 Å². The van der Waals surface area contributed by atoms with E-state index in [0.29, 0.717) is 34.8 Å². The number of pyridine rings is 1. The van der Waals surface area contributed by atoms with Crippen molar-refractivity contribution in [2.24, 2.45) is 11.8 Å². The summed E-state index contributed by atoms with van der Waals surface area (Å²) in [7, 11) is 0. The summed E-state index contributed by atoms with van der Waals surface area (Å²) in [6.45, 7) is 12.9. The van der Waals surface area contributed by atoms with E-state index in [9.17, 15) is 9.90 Å². The quantitative estimate of drug-likeness (QED) is 0.855. The lowest BCUT2D eigenvalue weighted by molar-refractivity contribution is 0.208. The van der Waals surface area contributed by atoms with Gasteiger partial charge in [0.1, 0.15) is 5.75 Å². The molecule has 0 atom stereocenters. The maximum atomic E-state index is 12.4. The van der Waals surface area contributed by atoms with Crippen molar-refractivity contribution in [1.29, 1.82) is 0 Å². The number of benzene rings is 1. The second-order valence-corrected chi connectivity index (χ2v) is 7.31. The summed E-state index contributed by atoms with van der Waals surface area (Å²) >= 11 is 0. The zero-order chi connectivity index (χ0) is 17.1. The van der Waals surface area contributed by atoms with Gasteiger partial charge in [0.05, 0.1) is 11.1 Å². The Labute approximate surface area is 138 Å². The van der Waals surface area contributed by atoms with Crippen molar-refractivity contribution in [3.63, 3.8) is 0 Å². The molecule has 0 spiro atoms. The average molecular weight is 316 g/mol. The van der Waals surface area contributed by atoms with E-state index in [2.05, 4.69) is 37.6 Å². The standard InChI is InChI=1S/C19H28N2O2/c1-12(2)9-21(10-13(3)4)11-16-18(22)15-8-14(5)6-7-17(15)20-19(16)23/h6-8,12-13H,9-11H2,1-5H3,(H2,20,22,23). The first kappa shape index (κ1) is 17.5. The smallest absolute Gasteiger partial charge is 0.256 e. The van der Waals surface area contributed by atoms with Crippen LogP contribution >= 0.6 is 0 Å². The van der Waals surface area contributed by atoms with Crippen molar-refractivity contribution < 1.29 is 5.11 Å². The molecule has 1 aromatic carbocycles. The molecule has 0 saturated carbocycles. The first-order valence-corrected chi connectivity index (χ1v) is 8.34. The van der Waals surface area contributed by atoms with Gasteiger partial charge >= 0.3 is 0 Å². The number of H-pyrrole nitrogens is 1. The molecule has 0 unspecified atom stereocenters. The Morgan fingerprint density at radius 3 is 2.30 bits per heavy atom. The molecule has 0 aliphatic rings. The molecular weight excluding hydrogens is 288 g/mol. The maximum absolute atomic E-state index is 12.4. The van der Waals surface area contributed by atoms with Gasteiger partial charge < -0.3 is 10.1 Å². The lowest BCUT2D eigenvalue weighted by Crippen LogP contribution is -2.33. The molecule has 2 N–H and O–H groups in total. The zero-order valence-corrected chi connectivity index (χ0v) is 14.8. The third-order valence-electron chi connectivity index (χ3n) is 3.87. The topological polar surface area (TPSA) is 56.3 Å². The van der Waals surface area contributed by atoms with Gasteiger partial charge in [0.2, 0.25) is 0 Å². The molecule has 4 heteroatoms. The van der Waals surface area contributed by atoms with Gasteiger partial charge in [-0.2, -0.15) is 0 Å². The molecule has 0 fully saturated rings. The number of nitrogens with zero attached hydrogens (tertiary/aromatic N) is 1. The van der Waals surface area contributed by atoms with Gasteiger partial charge in [0.15, 0.2) is 0 Å². The number of aryl methyl sites for hydroxylation is 1. The molecule has 4 nitrogen and oxygen atoms in total. The fourth-order valence-electron chi connectivity index (χ4n) is 3.04. The summed E-state index contributed by atoms with van der Waals surface area (Å²) in [5.41, 5.74) is 2.01. The molecule has 0 bridgehead atoms. The van der Waals surface area contributed by atoms with Crippen LogP contribution in [0.5, 0.6) is 5.75 Å². The minimum absolute atomic E-state index is 0.116. The molecule has 126 valence electrons. The van der Waals surface area contributed by atoms with Gasteiger partial charge in [-0.15, -0.1) is 0 Å². The van der Waals surface area contributed by atoms with Crippen LogP contribution in [0.15, 0.2) is 23.0 Å². The first-order chi connectivity index (χ1) is 10.8. The van der Waals surface area contributed by atoms with Crippen LogP contribution in [0.3, 0.4) is 0 Å². The molecule has 1 aromatic heterocycles. The fourth-order valence-corrected chi connectivity index (χ4v) is 3.04. The second-order valence-electron chi connectivity index (χ2n) is 7.31. The van der Waals surface area contributed by atoms with Gasteiger partial charge in [0, 0.05) is 25.0 Å². The molecule has 1 heterocycles. The highest BCUT2D eigenvalue weighted by molar-refractivity contribution is 5.86. The van der Waals surface area contributed by atoms with E-state index in [-0.39, 0.29) is 11.3 Å². The van der Waals surface area contributed by atoms with Gasteiger partial charge in [-0.3, -0.25) is 9.69 Å². The fraction of sp³-hybridized carbons (Fsp3) is 0.526. The van der Waals surface area contributed by atoms with Crippen molar-refractivity contribution in [3.8, 4) is 5.75 Å². The molecule has 2 rings (SSSR count). The maximum Gasteiger partial charge on any atom is 0.256 e. The van der Waals surface area contributed by atoms with Crippen molar-refractivity contribution in [2.45, 2.75) is 41.2 Å². The monoisotopic (exact) mass is 316 g/mol. The average Bonchev–Trinajstić information content (AvgIpc) is 2.43. The van der Waals surface area contributed by atoms with Crippen LogP contribution in [0.2, 0.25) is 0 Å². The summed E-state index contributed by atoms with van der Waals surface area (Å²) in [6, 6.07) is 5.69. The van der Waals surface area contributed by atoms with Crippen molar-refractivity contribution in [3.05, 3.63) is 39.7 Å². The minimum atomic E-state index is -0.198. The number of hydrogen-bond donors (Lipinski definition) is 2. The van der Waals surface area contributed by atoms with Crippen LogP contribution in [-0.2, 0) is 6.54 Å². The van der Waals surface area contributed by atoms with Crippen molar-refractivity contribution in [1.82, 2.24) is 9.88 Å². The number of aromatic hydroxyl groups is 1. The van der Waals surface area contributed by atoms with E-state index >= 15 is 0 Å². The van der Waals surface area contributed by atoms with E-state index < -0.39 is 0 Å². The number of nitrogens with one attached hydrogen (secondary N) is 1. The Kier molecular flexibility index (Phi) is 5.47. The van der Waals surface area contributed by atoms with E-state index in [1.165, 1.54) is 0 Å². The summed E-state index contributed by atoms with van der Waals surface area (Å²) in [5, 5.41) is 11.3. The Hall–Kier alpha value is -1.81. The highest BCUT2D eigenvalue weighted by Gasteiger charge is 2.17. The number of fused-ring (bicyclic) bond motifs is 1. The van der Waals surface area contributed by atoms with Gasteiger partial charge in [-0.05, 0) is 30.9 Å². The normalized spacial score (nSPS) is 12.0. The lowest BCUT2D eigenvalue weighted by Gasteiger charge is -2.26. The predicted molar refractivity (Wildman–Crippen MR) is 95.9 cm³/mol. The molecule has 0 saturated heterocycles. The summed E-state index contributed by atoms with van der Waals surface area (Å²) in [6.07, 6.45) is 0. The predicted octanol–water partition coefficient (Wildman–Crippen LogP) is 3.66. The minimum Gasteiger partial charge on any atom is -0.507 e. The highest BCUT2D eigenvalue weighted by atomic mass is 16.3. The van der Waals surface area contributed by atoms with E-state index in [0.717, 1.165) is 18.7 Å². The number of aromatic nitrogens is 1. The lowest BCUT2D eigenvalue weighted by atomic mass is 10.1. The first-order valence-electron chi connectivity index (χ1n) is 8.34. The molecule has 23 heavy (non-hydrogen) atoms. The van der Waals surface area contributed by atoms with Crippen molar-refractivity contribution in [2.75, 3.05) is 13.1 Å². The van der Waals surface area contributed by atoms with Crippen LogP contribution in [-0.4, -0.2) is 28.1 Å². The number of aromatic amines is 1. The molecule has 0 aliphatic carbocycles. The zero-order valence-electron chi connectivity index (χ0n) is 14.8. The Balaban J connectivity index is 2.42. The highest BCUT2D eigenvalue weighted by Crippen LogP contribution is 2.26. The largest absolute Gasteiger partial charge is 0.507 e. The van der Waals surface area contributed by atoms with Crippen LogP contribution < -0.4 is 5.56 Å². The summed E-state index contributed by atoms with van der Waals surface area (Å²) in [4.78, 5) is 17.6. The molecular formula is C19H28N2O2. The second kappa shape index (κ2) is 7.18. The number of hydrogen-bond acceptors (Lipinski definition) is 3. The summed E-state index contributed by atoms with van der Waals surface area (Å²) < 4.78 is 0. The van der Waals surface area contributed by atoms with Crippen LogP contribution in [0, 0.1) is 18.8 Å². The van der Waals surface area contributed by atoms with Crippen LogP contribution in [0.4, 0.5) is 0 Å². The van der Waals surface area contributed by atoms with Crippen LogP contribution in [0.1, 0.15) is 38.8 Å². The SMILES string of the molecule is Cc1ccc2[nH]c(=O)c(CN(CC(C)C)CC(C)C)c(O)c2c1. The molecule has 0 radical (unpaired) electrons. The Morgan fingerprint density at radius 2 is 1.74 bits per heavy atom. The van der Waals surface area contributed by atoms with E-state index in [1.807, 2.05) is 25.1 Å². The number of rotatable bonds is 6. The Morgan fingerprint density at radius 1 is 1.13 bits per heavy atom. The Bertz CT molecular complexity index is 722. The summed E-state index contributed by atoms with van der Waals surface area (Å²) in [5.74, 6) is 1.14. The molecule has 0 amide bonds. The van der Waals surface area contributed by atoms with Gasteiger partial charge in [-0.1, -0.05) is 39.3 Å². The van der Waals surface area contributed by atoms with Crippen LogP contribution in [0.25, 0.3) is 10.9 Å². The molecule has 2 aromatic rings. The van der Waals surface area contributed by atoms with E-state index in [1.54, 1.807) is 0 Å². The van der Waals surface area contributed by atoms with Gasteiger partial charge in [0.25, 0.3) is 5.56 Å². The third kappa shape index (κ3) is 4.35. The molecule has 0 aliphatic heterocycles. The third-order valence-corrected chi connectivity index (χ3v) is 3.87. The van der Waals surface area contributed by atoms with E-state index in [4.69, 9.17) is 0 Å².